The van der Waals surface area contributed by atoms with Gasteiger partial charge in [0.1, 0.15) is 0 Å². The minimum atomic E-state index is -0.379. The summed E-state index contributed by atoms with van der Waals surface area (Å²) >= 11 is -0.299. The van der Waals surface area contributed by atoms with Gasteiger partial charge in [-0.2, -0.15) is 0 Å². The van der Waals surface area contributed by atoms with E-state index in [0.29, 0.717) is 28.6 Å². The Balaban J connectivity index is 2.16. The zero-order valence-electron chi connectivity index (χ0n) is 16.7. The number of ketones is 1. The summed E-state index contributed by atoms with van der Waals surface area (Å²) in [5.41, 5.74) is 1.14. The summed E-state index contributed by atoms with van der Waals surface area (Å²) in [6.07, 6.45) is 1.30. The number of benzene rings is 3. The van der Waals surface area contributed by atoms with Crippen LogP contribution >= 0.6 is 0 Å². The molecule has 3 nitrogen and oxygen atoms in total. The van der Waals surface area contributed by atoms with Gasteiger partial charge < -0.3 is 0 Å². The van der Waals surface area contributed by atoms with Gasteiger partial charge in [-0.25, -0.2) is 0 Å². The maximum atomic E-state index is 13.7. The minimum absolute atomic E-state index is 0.0813. The number of ether oxygens (including phenoxy) is 1. The van der Waals surface area contributed by atoms with Crippen molar-refractivity contribution in [2.24, 2.45) is 0 Å². The zero-order valence-corrected chi connectivity index (χ0v) is 18.4. The number of hydrogen-bond acceptors (Lipinski definition) is 3. The van der Waals surface area contributed by atoms with Crippen LogP contribution in [-0.4, -0.2) is 33.3 Å². The molecule has 0 aliphatic carbocycles. The molecule has 0 aliphatic rings. The van der Waals surface area contributed by atoms with E-state index in [2.05, 4.69) is 0 Å². The summed E-state index contributed by atoms with van der Waals surface area (Å²) < 4.78 is 6.95. The summed E-state index contributed by atoms with van der Waals surface area (Å²) in [7, 11) is 0. The van der Waals surface area contributed by atoms with Crippen molar-refractivity contribution in [2.75, 3.05) is 6.61 Å². The van der Waals surface area contributed by atoms with Gasteiger partial charge in [0, 0.05) is 0 Å². The molecule has 3 rings (SSSR count). The van der Waals surface area contributed by atoms with Gasteiger partial charge >= 0.3 is 178 Å². The summed E-state index contributed by atoms with van der Waals surface area (Å²) in [6.45, 7) is 4.09. The Morgan fingerprint density at radius 2 is 1.55 bits per heavy atom. The monoisotopic (exact) mass is 452 g/mol. The third-order valence-electron chi connectivity index (χ3n) is 4.50. The number of hydrogen-bond donors (Lipinski definition) is 0. The molecule has 4 heteroatoms. The first kappa shape index (κ1) is 21.0. The SMILES string of the molecule is CCC/C(C(=O)OCC)=C(\[Se]c1ccccc1)C(=O)c1cccc2ccccc12. The molecule has 0 N–H and O–H groups in total. The Bertz CT molecular complexity index is 1030. The predicted molar refractivity (Wildman–Crippen MR) is 119 cm³/mol. The average molecular weight is 451 g/mol. The van der Waals surface area contributed by atoms with E-state index in [1.165, 1.54) is 0 Å². The molecule has 3 aromatic carbocycles. The van der Waals surface area contributed by atoms with Crippen molar-refractivity contribution in [2.45, 2.75) is 26.7 Å². The third-order valence-corrected chi connectivity index (χ3v) is 6.90. The Labute approximate surface area is 177 Å². The van der Waals surface area contributed by atoms with Gasteiger partial charge in [0.05, 0.1) is 0 Å². The first-order valence-electron chi connectivity index (χ1n) is 9.81. The van der Waals surface area contributed by atoms with Crippen LogP contribution in [0.1, 0.15) is 37.0 Å². The van der Waals surface area contributed by atoms with Crippen LogP contribution in [0, 0.1) is 0 Å². The molecule has 0 bridgehead atoms. The molecule has 0 saturated carbocycles. The summed E-state index contributed by atoms with van der Waals surface area (Å²) in [6, 6.07) is 23.5. The summed E-state index contributed by atoms with van der Waals surface area (Å²) in [5.74, 6) is -0.460. The average Bonchev–Trinajstić information content (AvgIpc) is 2.76. The van der Waals surface area contributed by atoms with E-state index in [-0.39, 0.29) is 26.7 Å². The van der Waals surface area contributed by atoms with E-state index in [1.807, 2.05) is 79.7 Å². The van der Waals surface area contributed by atoms with Gasteiger partial charge in [-0.15, -0.1) is 0 Å². The standard InChI is InChI=1S/C25H24O3Se/c1-3-11-22(25(27)28-4-2)24(29-19-14-6-5-7-15-19)23(26)21-17-10-13-18-12-8-9-16-20(18)21/h5-10,12-17H,3-4,11H2,1-2H3/b24-22+. The van der Waals surface area contributed by atoms with Crippen molar-refractivity contribution < 1.29 is 14.3 Å². The summed E-state index contributed by atoms with van der Waals surface area (Å²) in [4.78, 5) is 26.5. The molecule has 0 atom stereocenters. The van der Waals surface area contributed by atoms with Crippen LogP contribution in [0.3, 0.4) is 0 Å². The van der Waals surface area contributed by atoms with Crippen LogP contribution in [0.25, 0.3) is 10.8 Å². The molecule has 0 aliphatic heterocycles. The second kappa shape index (κ2) is 10.2. The van der Waals surface area contributed by atoms with Crippen LogP contribution in [-0.2, 0) is 9.53 Å². The second-order valence-electron chi connectivity index (χ2n) is 6.55. The van der Waals surface area contributed by atoms with E-state index < -0.39 is 0 Å². The molecule has 0 fully saturated rings. The molecule has 29 heavy (non-hydrogen) atoms. The molecule has 0 aromatic heterocycles. The number of fused-ring (bicyclic) bond motifs is 1. The Morgan fingerprint density at radius 1 is 0.862 bits per heavy atom. The third kappa shape index (κ3) is 5.03. The quantitative estimate of drug-likeness (QED) is 0.216. The molecule has 0 heterocycles. The van der Waals surface area contributed by atoms with Crippen LogP contribution in [0.15, 0.2) is 82.8 Å². The molecule has 148 valence electrons. The van der Waals surface area contributed by atoms with Crippen LogP contribution < -0.4 is 4.46 Å². The van der Waals surface area contributed by atoms with E-state index >= 15 is 0 Å². The Kier molecular flexibility index (Phi) is 7.40. The fraction of sp³-hybridized carbons (Fsp3) is 0.200. The number of Topliss-reactive ketones (excluding diaryl/α,β-unsaturated/α-hetero) is 1. The van der Waals surface area contributed by atoms with Gasteiger partial charge in [-0.3, -0.25) is 0 Å². The summed E-state index contributed by atoms with van der Waals surface area (Å²) in [5, 5.41) is 1.92. The number of esters is 1. The van der Waals surface area contributed by atoms with Crippen molar-refractivity contribution in [3.05, 3.63) is 88.4 Å². The zero-order chi connectivity index (χ0) is 20.6. The number of carbonyl (C=O) groups excluding carboxylic acids is 2. The van der Waals surface area contributed by atoms with Crippen molar-refractivity contribution in [3.8, 4) is 0 Å². The van der Waals surface area contributed by atoms with E-state index in [1.54, 1.807) is 6.92 Å². The molecule has 3 aromatic rings. The van der Waals surface area contributed by atoms with Crippen LogP contribution in [0.5, 0.6) is 0 Å². The topological polar surface area (TPSA) is 43.4 Å². The van der Waals surface area contributed by atoms with E-state index in [4.69, 9.17) is 4.74 Å². The molecular formula is C25H24O3Se. The fourth-order valence-electron chi connectivity index (χ4n) is 3.17. The molecular weight excluding hydrogens is 427 g/mol. The molecule has 0 spiro atoms. The Morgan fingerprint density at radius 3 is 2.28 bits per heavy atom. The number of carbonyl (C=O) groups is 2. The molecule has 0 amide bonds. The van der Waals surface area contributed by atoms with E-state index in [0.717, 1.165) is 21.7 Å². The van der Waals surface area contributed by atoms with Crippen molar-refractivity contribution >= 4 is 41.9 Å². The molecule has 0 unspecified atom stereocenters. The van der Waals surface area contributed by atoms with Crippen LogP contribution in [0.4, 0.5) is 0 Å². The van der Waals surface area contributed by atoms with Crippen LogP contribution in [0.2, 0.25) is 0 Å². The maximum absolute atomic E-state index is 13.7. The first-order valence-corrected chi connectivity index (χ1v) is 11.5. The number of rotatable bonds is 8. The predicted octanol–water partition coefficient (Wildman–Crippen LogP) is 4.67. The second-order valence-corrected chi connectivity index (χ2v) is 8.82. The van der Waals surface area contributed by atoms with Gasteiger partial charge in [-0.1, -0.05) is 0 Å². The number of allylic oxidation sites excluding steroid dienone is 1. The molecule has 0 saturated heterocycles. The first-order chi connectivity index (χ1) is 14.2. The normalized spacial score (nSPS) is 11.8. The van der Waals surface area contributed by atoms with E-state index in [9.17, 15) is 9.59 Å². The fourth-order valence-corrected chi connectivity index (χ4v) is 5.36. The van der Waals surface area contributed by atoms with Gasteiger partial charge in [0.2, 0.25) is 0 Å². The van der Waals surface area contributed by atoms with Gasteiger partial charge in [0.15, 0.2) is 0 Å². The van der Waals surface area contributed by atoms with Gasteiger partial charge in [-0.05, 0) is 0 Å². The van der Waals surface area contributed by atoms with Gasteiger partial charge in [0.25, 0.3) is 0 Å². The van der Waals surface area contributed by atoms with Crippen molar-refractivity contribution in [1.82, 2.24) is 0 Å². The van der Waals surface area contributed by atoms with Crippen molar-refractivity contribution in [1.29, 1.82) is 0 Å². The molecule has 0 radical (unpaired) electrons. The van der Waals surface area contributed by atoms with Crippen molar-refractivity contribution in [3.63, 3.8) is 0 Å². The Hall–Kier alpha value is -2.68.